The molecule has 3 aliphatic rings. The Morgan fingerprint density at radius 1 is 1.55 bits per heavy atom. The molecule has 0 aromatic carbocycles. The van der Waals surface area contributed by atoms with Gasteiger partial charge >= 0.3 is 6.02 Å². The Balaban J connectivity index is 1.82. The molecule has 1 aromatic heterocycles. The molecule has 0 unspecified atom stereocenters. The lowest BCUT2D eigenvalue weighted by Gasteiger charge is -2.16. The van der Waals surface area contributed by atoms with Crippen LogP contribution in [0.5, 0.6) is 0 Å². The molecular formula is C12H14N6O2. The van der Waals surface area contributed by atoms with Crippen LogP contribution in [-0.2, 0) is 4.84 Å². The summed E-state index contributed by atoms with van der Waals surface area (Å²) in [6.07, 6.45) is 2.64. The summed E-state index contributed by atoms with van der Waals surface area (Å²) in [5.74, 6) is 0.649. The number of hydroxylamine groups is 2. The van der Waals surface area contributed by atoms with E-state index in [1.54, 1.807) is 6.33 Å². The van der Waals surface area contributed by atoms with Crippen molar-refractivity contribution < 1.29 is 9.94 Å². The summed E-state index contributed by atoms with van der Waals surface area (Å²) in [6, 6.07) is 0.105. The van der Waals surface area contributed by atoms with Crippen LogP contribution in [0, 0.1) is 5.41 Å². The highest BCUT2D eigenvalue weighted by atomic mass is 16.7. The van der Waals surface area contributed by atoms with Crippen LogP contribution >= 0.6 is 0 Å². The van der Waals surface area contributed by atoms with Gasteiger partial charge in [0.05, 0.1) is 12.4 Å². The Morgan fingerprint density at radius 3 is 3.15 bits per heavy atom. The molecule has 0 bridgehead atoms. The van der Waals surface area contributed by atoms with E-state index in [0.717, 1.165) is 17.5 Å². The van der Waals surface area contributed by atoms with Crippen molar-refractivity contribution in [3.05, 3.63) is 29.3 Å². The smallest absolute Gasteiger partial charge is 0.315 e. The monoisotopic (exact) mass is 274 g/mol. The predicted molar refractivity (Wildman–Crippen MR) is 68.5 cm³/mol. The molecule has 1 aliphatic carbocycles. The van der Waals surface area contributed by atoms with Crippen molar-refractivity contribution >= 4 is 11.8 Å². The van der Waals surface area contributed by atoms with Crippen molar-refractivity contribution in [3.8, 4) is 0 Å². The Hall–Kier alpha value is -2.35. The summed E-state index contributed by atoms with van der Waals surface area (Å²) < 4.78 is 1.98. The molecule has 20 heavy (non-hydrogen) atoms. The van der Waals surface area contributed by atoms with E-state index in [2.05, 4.69) is 21.9 Å². The average molecular weight is 274 g/mol. The van der Waals surface area contributed by atoms with Gasteiger partial charge in [-0.25, -0.2) is 15.4 Å². The lowest BCUT2D eigenvalue weighted by molar-refractivity contribution is 0.00481. The summed E-state index contributed by atoms with van der Waals surface area (Å²) in [6.45, 7) is 4.20. The zero-order chi connectivity index (χ0) is 13.9. The summed E-state index contributed by atoms with van der Waals surface area (Å²) in [5.41, 5.74) is 1.61. The van der Waals surface area contributed by atoms with Gasteiger partial charge < -0.3 is 14.5 Å². The highest BCUT2D eigenvalue weighted by molar-refractivity contribution is 5.80. The fraction of sp³-hybridized carbons (Fsp3) is 0.417. The van der Waals surface area contributed by atoms with Gasteiger partial charge in [-0.2, -0.15) is 5.06 Å². The Bertz CT molecular complexity index is 736. The van der Waals surface area contributed by atoms with Gasteiger partial charge in [-0.15, -0.1) is 0 Å². The number of nitrogens with zero attached hydrogens (tertiary/aromatic N) is 4. The molecule has 8 nitrogen and oxygen atoms in total. The molecule has 1 saturated heterocycles. The fourth-order valence-corrected chi connectivity index (χ4v) is 2.86. The van der Waals surface area contributed by atoms with E-state index in [1.165, 1.54) is 5.06 Å². The first-order valence-electron chi connectivity index (χ1n) is 6.42. The van der Waals surface area contributed by atoms with Gasteiger partial charge in [0.25, 0.3) is 0 Å². The van der Waals surface area contributed by atoms with Crippen molar-refractivity contribution in [1.82, 2.24) is 19.9 Å². The third-order valence-corrected chi connectivity index (χ3v) is 3.88. The normalized spacial score (nSPS) is 27.9. The molecule has 1 aromatic rings. The fourth-order valence-electron chi connectivity index (χ4n) is 2.86. The molecule has 8 heteroatoms. The summed E-state index contributed by atoms with van der Waals surface area (Å²) >= 11 is 0. The molecule has 104 valence electrons. The van der Waals surface area contributed by atoms with Gasteiger partial charge in [0.1, 0.15) is 0 Å². The average Bonchev–Trinajstić information content (AvgIpc) is 3.06. The van der Waals surface area contributed by atoms with Crippen molar-refractivity contribution in [1.29, 1.82) is 5.41 Å². The number of nitrogens with one attached hydrogen (secondary N) is 2. The first-order valence-corrected chi connectivity index (χ1v) is 6.42. The minimum Gasteiger partial charge on any atom is -0.389 e. The number of hydrogen-bond donors (Lipinski definition) is 3. The van der Waals surface area contributed by atoms with Gasteiger partial charge in [-0.05, 0) is 18.4 Å². The largest absolute Gasteiger partial charge is 0.389 e. The van der Waals surface area contributed by atoms with E-state index in [1.807, 2.05) is 4.57 Å². The van der Waals surface area contributed by atoms with Crippen molar-refractivity contribution in [2.75, 3.05) is 6.67 Å². The minimum atomic E-state index is -0.452. The third-order valence-electron chi connectivity index (χ3n) is 3.88. The molecule has 2 atom stereocenters. The second kappa shape index (κ2) is 3.83. The van der Waals surface area contributed by atoms with E-state index in [9.17, 15) is 5.11 Å². The first kappa shape index (κ1) is 11.5. The summed E-state index contributed by atoms with van der Waals surface area (Å²) in [5, 5.41) is 22.3. The molecule has 2 fully saturated rings. The lowest BCUT2D eigenvalue weighted by Crippen LogP contribution is -2.43. The maximum Gasteiger partial charge on any atom is 0.315 e. The maximum atomic E-state index is 9.82. The highest BCUT2D eigenvalue weighted by Gasteiger charge is 2.31. The molecule has 0 radical (unpaired) electrons. The molecule has 0 spiro atoms. The number of aliphatic hydroxyl groups is 1. The number of rotatable bonds is 1. The molecule has 3 heterocycles. The van der Waals surface area contributed by atoms with E-state index in [0.29, 0.717) is 24.3 Å². The molecule has 2 aliphatic heterocycles. The van der Waals surface area contributed by atoms with E-state index in [-0.39, 0.29) is 12.1 Å². The van der Waals surface area contributed by atoms with E-state index in [4.69, 9.17) is 10.2 Å². The van der Waals surface area contributed by atoms with Crippen LogP contribution in [0.2, 0.25) is 0 Å². The van der Waals surface area contributed by atoms with Gasteiger partial charge in [-0.3, -0.25) is 5.32 Å². The standard InChI is InChI=1S/C12H14N6O2/c1-6-2-7(3-8(6)19)17-4-14-9-10(17)15-5-18-11(9)16-12(13)20-18/h4,7-8,19H,1-3,5H2,(H2,13,16)/t7-,8+/m1/s1. The van der Waals surface area contributed by atoms with Crippen LogP contribution in [-0.4, -0.2) is 38.5 Å². The van der Waals surface area contributed by atoms with Crippen LogP contribution in [0.25, 0.3) is 5.82 Å². The number of aliphatic hydroxyl groups excluding tert-OH is 1. The second-order valence-electron chi connectivity index (χ2n) is 5.16. The van der Waals surface area contributed by atoms with Gasteiger partial charge in [0.2, 0.25) is 0 Å². The van der Waals surface area contributed by atoms with Crippen molar-refractivity contribution in [2.24, 2.45) is 4.99 Å². The molecule has 3 N–H and O–H groups in total. The van der Waals surface area contributed by atoms with Crippen LogP contribution in [0.3, 0.4) is 0 Å². The SMILES string of the molecule is C=C1C[C@@H](n2cnc3c2=NCN2OC(=N)NC=32)C[C@@H]1O. The number of amidine groups is 1. The first-order chi connectivity index (χ1) is 9.63. The molecule has 1 saturated carbocycles. The Labute approximate surface area is 114 Å². The van der Waals surface area contributed by atoms with Crippen LogP contribution in [0.1, 0.15) is 18.9 Å². The summed E-state index contributed by atoms with van der Waals surface area (Å²) in [7, 11) is 0. The Morgan fingerprint density at radius 2 is 2.40 bits per heavy atom. The third kappa shape index (κ3) is 1.48. The van der Waals surface area contributed by atoms with Crippen LogP contribution < -0.4 is 16.2 Å². The van der Waals surface area contributed by atoms with Crippen LogP contribution in [0.15, 0.2) is 23.5 Å². The quantitative estimate of drug-likeness (QED) is 0.545. The summed E-state index contributed by atoms with van der Waals surface area (Å²) in [4.78, 5) is 14.0. The topological polar surface area (TPSA) is 98.8 Å². The van der Waals surface area contributed by atoms with E-state index < -0.39 is 6.10 Å². The zero-order valence-electron chi connectivity index (χ0n) is 10.7. The predicted octanol–water partition coefficient (Wildman–Crippen LogP) is -1.44. The number of imidazole rings is 1. The Kier molecular flexibility index (Phi) is 2.19. The minimum absolute atomic E-state index is 0.0257. The number of hydrogen-bond acceptors (Lipinski definition) is 6. The maximum absolute atomic E-state index is 9.82. The van der Waals surface area contributed by atoms with Crippen molar-refractivity contribution in [2.45, 2.75) is 25.0 Å². The molecule has 4 rings (SSSR count). The second-order valence-corrected chi connectivity index (χ2v) is 5.16. The molecule has 0 amide bonds. The molecular weight excluding hydrogens is 260 g/mol. The van der Waals surface area contributed by atoms with Crippen molar-refractivity contribution in [3.63, 3.8) is 0 Å². The van der Waals surface area contributed by atoms with Gasteiger partial charge in [0.15, 0.2) is 23.3 Å². The number of aromatic nitrogens is 2. The zero-order valence-corrected chi connectivity index (χ0v) is 10.7. The van der Waals surface area contributed by atoms with E-state index >= 15 is 0 Å². The van der Waals surface area contributed by atoms with Crippen LogP contribution in [0.4, 0.5) is 0 Å². The lowest BCUT2D eigenvalue weighted by atomic mass is 10.2. The van der Waals surface area contributed by atoms with Gasteiger partial charge in [-0.1, -0.05) is 6.58 Å². The van der Waals surface area contributed by atoms with Gasteiger partial charge in [0, 0.05) is 6.04 Å². The number of fused-ring (bicyclic) bond motifs is 2. The highest BCUT2D eigenvalue weighted by Crippen LogP contribution is 2.32.